The maximum Gasteiger partial charge on any atom is 0.472 e. The molecule has 0 aromatic heterocycles. The normalized spacial score (nSPS) is 20.9. The summed E-state index contributed by atoms with van der Waals surface area (Å²) in [4.78, 5) is 46.2. The molecule has 7 N–H and O–H groups in total. The predicted molar refractivity (Wildman–Crippen MR) is 237 cm³/mol. The number of aliphatic hydroxyl groups is 3. The van der Waals surface area contributed by atoms with Crippen molar-refractivity contribution in [3.63, 3.8) is 0 Å². The largest absolute Gasteiger partial charge is 0.480 e. The third-order valence-electron chi connectivity index (χ3n) is 10.3. The van der Waals surface area contributed by atoms with Crippen LogP contribution in [0.15, 0.2) is 60.8 Å². The Kier molecular flexibility index (Phi) is 32.6. The highest BCUT2D eigenvalue weighted by atomic mass is 31.2. The number of carboxylic acids is 1. The van der Waals surface area contributed by atoms with Crippen molar-refractivity contribution in [3.05, 3.63) is 60.8 Å². The Labute approximate surface area is 365 Å². The van der Waals surface area contributed by atoms with Gasteiger partial charge in [0, 0.05) is 25.2 Å². The number of aliphatic carboxylic acids is 1. The Morgan fingerprint density at radius 3 is 1.93 bits per heavy atom. The molecule has 14 nitrogen and oxygen atoms in total. The van der Waals surface area contributed by atoms with E-state index in [9.17, 15) is 39.2 Å². The zero-order valence-corrected chi connectivity index (χ0v) is 37.7. The molecule has 0 aromatic carbocycles. The van der Waals surface area contributed by atoms with Gasteiger partial charge in [0.25, 0.3) is 0 Å². The van der Waals surface area contributed by atoms with Gasteiger partial charge >= 0.3 is 25.7 Å². The van der Waals surface area contributed by atoms with Crippen molar-refractivity contribution in [3.8, 4) is 0 Å². The van der Waals surface area contributed by atoms with Crippen LogP contribution in [0.2, 0.25) is 0 Å². The molecule has 0 spiro atoms. The number of phosphoric ester groups is 1. The van der Waals surface area contributed by atoms with E-state index in [1.54, 1.807) is 6.08 Å². The summed E-state index contributed by atoms with van der Waals surface area (Å²) in [6, 6.07) is -1.57. The van der Waals surface area contributed by atoms with E-state index in [1.807, 2.05) is 30.4 Å². The number of hydrogen-bond donors (Lipinski definition) is 6. The maximum atomic E-state index is 12.7. The number of unbranched alkanes of at least 4 members (excludes halogenated alkanes) is 10. The molecule has 0 aromatic rings. The predicted octanol–water partition coefficient (Wildman–Crippen LogP) is 8.33. The Balaban J connectivity index is 2.54. The number of hydrogen-bond acceptors (Lipinski definition) is 12. The van der Waals surface area contributed by atoms with Gasteiger partial charge in [-0.05, 0) is 70.1 Å². The molecule has 61 heavy (non-hydrogen) atoms. The first-order valence-electron chi connectivity index (χ1n) is 22.6. The topological polar surface area (TPSA) is 232 Å². The molecule has 1 saturated carbocycles. The highest BCUT2D eigenvalue weighted by Crippen LogP contribution is 2.43. The second-order valence-corrected chi connectivity index (χ2v) is 17.2. The average Bonchev–Trinajstić information content (AvgIpc) is 3.49. The maximum absolute atomic E-state index is 12.7. The van der Waals surface area contributed by atoms with Gasteiger partial charge in [-0.1, -0.05) is 126 Å². The van der Waals surface area contributed by atoms with Crippen molar-refractivity contribution < 1.29 is 62.8 Å². The summed E-state index contributed by atoms with van der Waals surface area (Å²) in [6.07, 6.45) is 33.9. The van der Waals surface area contributed by atoms with Gasteiger partial charge in [0.15, 0.2) is 6.10 Å². The van der Waals surface area contributed by atoms with Crippen molar-refractivity contribution in [1.82, 2.24) is 0 Å². The third kappa shape index (κ3) is 29.9. The van der Waals surface area contributed by atoms with Crippen LogP contribution in [0.4, 0.5) is 0 Å². The van der Waals surface area contributed by atoms with Gasteiger partial charge in [-0.25, -0.2) is 4.57 Å². The van der Waals surface area contributed by atoms with E-state index in [-0.39, 0.29) is 31.1 Å². The van der Waals surface area contributed by atoms with Crippen LogP contribution in [0.1, 0.15) is 149 Å². The summed E-state index contributed by atoms with van der Waals surface area (Å²) in [6.45, 7) is 2.39. The highest BCUT2D eigenvalue weighted by molar-refractivity contribution is 7.47. The van der Waals surface area contributed by atoms with E-state index >= 15 is 0 Å². The van der Waals surface area contributed by atoms with Gasteiger partial charge in [-0.3, -0.25) is 23.4 Å². The fourth-order valence-electron chi connectivity index (χ4n) is 6.66. The molecular formula is C46H78NO13P. The smallest absolute Gasteiger partial charge is 0.472 e. The summed E-state index contributed by atoms with van der Waals surface area (Å²) in [5.41, 5.74) is 5.33. The number of aliphatic hydroxyl groups excluding tert-OH is 3. The van der Waals surface area contributed by atoms with E-state index in [4.69, 9.17) is 24.8 Å². The Bertz CT molecular complexity index is 1380. The summed E-state index contributed by atoms with van der Waals surface area (Å²) in [5.74, 6) is -3.17. The summed E-state index contributed by atoms with van der Waals surface area (Å²) < 4.78 is 32.6. The molecular weight excluding hydrogens is 805 g/mol. The summed E-state index contributed by atoms with van der Waals surface area (Å²) in [5, 5.41) is 40.2. The molecule has 0 amide bonds. The third-order valence-corrected chi connectivity index (χ3v) is 11.3. The minimum atomic E-state index is -4.80. The van der Waals surface area contributed by atoms with Crippen LogP contribution in [0.5, 0.6) is 0 Å². The van der Waals surface area contributed by atoms with E-state index < -0.39 is 76.0 Å². The van der Waals surface area contributed by atoms with E-state index in [2.05, 4.69) is 42.7 Å². The molecule has 0 heterocycles. The molecule has 0 bridgehead atoms. The fraction of sp³-hybridized carbons (Fsp3) is 0.717. The number of carbonyl (C=O) groups is 3. The lowest BCUT2D eigenvalue weighted by Gasteiger charge is -2.20. The monoisotopic (exact) mass is 884 g/mol. The number of ether oxygens (including phenoxy) is 2. The minimum Gasteiger partial charge on any atom is -0.480 e. The Morgan fingerprint density at radius 1 is 0.721 bits per heavy atom. The molecule has 0 radical (unpaired) electrons. The lowest BCUT2D eigenvalue weighted by Crippen LogP contribution is -2.34. The second-order valence-electron chi connectivity index (χ2n) is 15.8. The van der Waals surface area contributed by atoms with Crippen molar-refractivity contribution in [2.45, 2.75) is 179 Å². The number of allylic oxidation sites excluding steroid dienone is 8. The van der Waals surface area contributed by atoms with Crippen LogP contribution >= 0.6 is 7.82 Å². The van der Waals surface area contributed by atoms with Crippen molar-refractivity contribution in [1.29, 1.82) is 0 Å². The molecule has 350 valence electrons. The van der Waals surface area contributed by atoms with Gasteiger partial charge in [0.2, 0.25) is 0 Å². The van der Waals surface area contributed by atoms with Crippen LogP contribution in [0, 0.1) is 11.8 Å². The molecule has 1 rings (SSSR count). The minimum absolute atomic E-state index is 0.0287. The van der Waals surface area contributed by atoms with Gasteiger partial charge in [0.1, 0.15) is 12.6 Å². The highest BCUT2D eigenvalue weighted by Gasteiger charge is 2.39. The van der Waals surface area contributed by atoms with Gasteiger partial charge in [-0.2, -0.15) is 0 Å². The number of rotatable bonds is 37. The number of carbonyl (C=O) groups excluding carboxylic acids is 2. The van der Waals surface area contributed by atoms with Gasteiger partial charge < -0.3 is 40.5 Å². The van der Waals surface area contributed by atoms with E-state index in [0.717, 1.165) is 38.5 Å². The molecule has 1 unspecified atom stereocenters. The molecule has 15 heteroatoms. The Hall–Kier alpha value is -2.94. The van der Waals surface area contributed by atoms with Crippen molar-refractivity contribution in [2.24, 2.45) is 17.6 Å². The lowest BCUT2D eigenvalue weighted by molar-refractivity contribution is -0.161. The van der Waals surface area contributed by atoms with Crippen LogP contribution in [-0.4, -0.2) is 93.5 Å². The SMILES string of the molecule is CCCCCCCC/C=C\C/C=C\C/C=C\CCCC(=O)OC[C@H](COP(=O)(O)OC[C@H](N)C(=O)O)OC(=O)CCC/C=C/C[C@@H]1[C@@H](/C=C/[C@@H](O)CCCCC)[C@H](O)C[C@@H]1O. The van der Waals surface area contributed by atoms with Gasteiger partial charge in [0.05, 0.1) is 31.5 Å². The number of carboxylic acid groups (broad SMARTS) is 1. The number of nitrogens with two attached hydrogens (primary N) is 1. The standard InChI is InChI=1S/C46H78NO13P/c1-3-5-7-8-9-10-11-12-13-14-15-16-17-18-19-20-25-29-44(51)57-34-38(35-58-61(55,56)59-36-41(47)46(53)54)60-45(52)30-26-22-21-24-28-39-40(43(50)33-42(39)49)32-31-37(48)27-23-6-4-2/h12-13,15-16,18-19,21,24,31-32,37-43,48-50H,3-11,14,17,20,22-23,25-30,33-36,47H2,1-2H3,(H,53,54)(H,55,56)/b13-12-,16-15-,19-18-,24-21+,32-31+/t37-,38+,39+,40+,41-,42-,43+/m0/s1. The first-order chi connectivity index (χ1) is 29.3. The Morgan fingerprint density at radius 2 is 1.28 bits per heavy atom. The quantitative estimate of drug-likeness (QED) is 0.0149. The van der Waals surface area contributed by atoms with Gasteiger partial charge in [-0.15, -0.1) is 0 Å². The first kappa shape index (κ1) is 56.1. The molecule has 1 fully saturated rings. The molecule has 0 saturated heterocycles. The lowest BCUT2D eigenvalue weighted by atomic mass is 9.89. The molecule has 1 aliphatic rings. The van der Waals surface area contributed by atoms with Crippen LogP contribution in [-0.2, 0) is 37.5 Å². The first-order valence-corrected chi connectivity index (χ1v) is 24.1. The number of phosphoric acid groups is 1. The second kappa shape index (κ2) is 35.5. The van der Waals surface area contributed by atoms with E-state index in [1.165, 1.54) is 38.5 Å². The van der Waals surface area contributed by atoms with Crippen molar-refractivity contribution >= 4 is 25.7 Å². The zero-order valence-electron chi connectivity index (χ0n) is 36.8. The zero-order chi connectivity index (χ0) is 45.1. The van der Waals surface area contributed by atoms with Crippen molar-refractivity contribution in [2.75, 3.05) is 19.8 Å². The molecule has 8 atom stereocenters. The van der Waals surface area contributed by atoms with Crippen LogP contribution in [0.25, 0.3) is 0 Å². The average molecular weight is 884 g/mol. The molecule has 0 aliphatic heterocycles. The summed E-state index contributed by atoms with van der Waals surface area (Å²) in [7, 11) is -4.80. The summed E-state index contributed by atoms with van der Waals surface area (Å²) >= 11 is 0. The van der Waals surface area contributed by atoms with Crippen LogP contribution in [0.3, 0.4) is 0 Å². The fourth-order valence-corrected chi connectivity index (χ4v) is 7.44. The number of esters is 2. The molecule has 1 aliphatic carbocycles. The van der Waals surface area contributed by atoms with E-state index in [0.29, 0.717) is 38.5 Å². The van der Waals surface area contributed by atoms with Crippen LogP contribution < -0.4 is 5.73 Å².